The van der Waals surface area contributed by atoms with E-state index in [9.17, 15) is 0 Å². The van der Waals surface area contributed by atoms with E-state index in [1.165, 1.54) is 44.9 Å². The summed E-state index contributed by atoms with van der Waals surface area (Å²) in [5.74, 6) is 5.79. The van der Waals surface area contributed by atoms with Gasteiger partial charge in [0.15, 0.2) is 0 Å². The number of hydrogen-bond donors (Lipinski definition) is 0. The van der Waals surface area contributed by atoms with Crippen LogP contribution in [0.4, 0.5) is 0 Å². The minimum Gasteiger partial charge on any atom is -0.0625 e. The third-order valence-electron chi connectivity index (χ3n) is 4.90. The molecule has 2 unspecified atom stereocenters. The van der Waals surface area contributed by atoms with Crippen LogP contribution in [0, 0.1) is 29.6 Å². The first kappa shape index (κ1) is 11.5. The van der Waals surface area contributed by atoms with Crippen LogP contribution in [0.25, 0.3) is 0 Å². The van der Waals surface area contributed by atoms with Crippen molar-refractivity contribution in [3.63, 3.8) is 0 Å². The van der Waals surface area contributed by atoms with Crippen molar-refractivity contribution in [2.75, 3.05) is 0 Å². The van der Waals surface area contributed by atoms with E-state index in [1.807, 2.05) is 5.92 Å². The first-order valence-electron chi connectivity index (χ1n) is 7.05. The maximum absolute atomic E-state index is 2.48. The van der Waals surface area contributed by atoms with E-state index in [4.69, 9.17) is 0 Å². The van der Waals surface area contributed by atoms with Crippen LogP contribution in [0.2, 0.25) is 0 Å². The minimum atomic E-state index is 0.923. The van der Waals surface area contributed by atoms with Gasteiger partial charge in [-0.25, -0.2) is 0 Å². The largest absolute Gasteiger partial charge is 0.0625 e. The molecule has 2 fully saturated rings. The van der Waals surface area contributed by atoms with Gasteiger partial charge in [0.25, 0.3) is 0 Å². The van der Waals surface area contributed by atoms with Gasteiger partial charge in [-0.05, 0) is 42.4 Å². The fourth-order valence-electron chi connectivity index (χ4n) is 3.95. The van der Waals surface area contributed by atoms with Gasteiger partial charge in [-0.2, -0.15) is 0 Å². The lowest BCUT2D eigenvalue weighted by Gasteiger charge is -2.42. The average Bonchev–Trinajstić information content (AvgIpc) is 2.20. The quantitative estimate of drug-likeness (QED) is 0.577. The Hall–Kier alpha value is 0. The Morgan fingerprint density at radius 3 is 1.80 bits per heavy atom. The Morgan fingerprint density at radius 2 is 1.27 bits per heavy atom. The van der Waals surface area contributed by atoms with Crippen molar-refractivity contribution in [1.82, 2.24) is 0 Å². The second-order valence-electron chi connectivity index (χ2n) is 6.19. The van der Waals surface area contributed by atoms with Crippen LogP contribution in [0.15, 0.2) is 0 Å². The summed E-state index contributed by atoms with van der Waals surface area (Å²) >= 11 is 0. The molecule has 2 rings (SSSR count). The molecule has 87 valence electrons. The SMILES string of the molecule is CC1CCC([C]2C(C)CCCC2C)CC1. The lowest BCUT2D eigenvalue weighted by Crippen LogP contribution is -2.31. The molecule has 2 saturated carbocycles. The zero-order valence-corrected chi connectivity index (χ0v) is 10.8. The molecule has 0 aromatic carbocycles. The normalized spacial score (nSPS) is 44.2. The molecule has 2 aliphatic carbocycles. The highest BCUT2D eigenvalue weighted by Crippen LogP contribution is 2.46. The molecule has 0 saturated heterocycles. The van der Waals surface area contributed by atoms with Gasteiger partial charge in [-0.15, -0.1) is 0 Å². The van der Waals surface area contributed by atoms with Crippen molar-refractivity contribution in [1.29, 1.82) is 0 Å². The zero-order valence-electron chi connectivity index (χ0n) is 10.8. The Kier molecular flexibility index (Phi) is 3.74. The molecule has 2 atom stereocenters. The Balaban J connectivity index is 1.95. The predicted octanol–water partition coefficient (Wildman–Crippen LogP) is 4.84. The monoisotopic (exact) mass is 207 g/mol. The van der Waals surface area contributed by atoms with Crippen LogP contribution in [0.1, 0.15) is 65.7 Å². The Bertz CT molecular complexity index is 178. The molecule has 0 heterocycles. The predicted molar refractivity (Wildman–Crippen MR) is 66.5 cm³/mol. The highest BCUT2D eigenvalue weighted by atomic mass is 14.4. The second kappa shape index (κ2) is 4.89. The first-order chi connectivity index (χ1) is 7.18. The molecule has 2 aliphatic rings. The van der Waals surface area contributed by atoms with Crippen molar-refractivity contribution < 1.29 is 0 Å². The topological polar surface area (TPSA) is 0 Å². The summed E-state index contributed by atoms with van der Waals surface area (Å²) in [6.45, 7) is 7.38. The molecule has 0 bridgehead atoms. The van der Waals surface area contributed by atoms with Crippen LogP contribution in [-0.4, -0.2) is 0 Å². The van der Waals surface area contributed by atoms with E-state index in [-0.39, 0.29) is 0 Å². The summed E-state index contributed by atoms with van der Waals surface area (Å²) in [7, 11) is 0. The highest BCUT2D eigenvalue weighted by Gasteiger charge is 2.35. The number of rotatable bonds is 1. The maximum atomic E-state index is 2.48. The second-order valence-corrected chi connectivity index (χ2v) is 6.19. The molecule has 0 aromatic rings. The van der Waals surface area contributed by atoms with Gasteiger partial charge in [0, 0.05) is 0 Å². The highest BCUT2D eigenvalue weighted by molar-refractivity contribution is 5.07. The lowest BCUT2D eigenvalue weighted by molar-refractivity contribution is 0.210. The smallest absolute Gasteiger partial charge is 0.0154 e. The van der Waals surface area contributed by atoms with Crippen LogP contribution in [0.5, 0.6) is 0 Å². The molecule has 0 aliphatic heterocycles. The molecular formula is C15H27. The lowest BCUT2D eigenvalue weighted by atomic mass is 9.63. The van der Waals surface area contributed by atoms with Crippen molar-refractivity contribution in [3.05, 3.63) is 5.92 Å². The van der Waals surface area contributed by atoms with Crippen LogP contribution < -0.4 is 0 Å². The molecular weight excluding hydrogens is 180 g/mol. The fraction of sp³-hybridized carbons (Fsp3) is 0.933. The van der Waals surface area contributed by atoms with E-state index in [0.717, 1.165) is 23.7 Å². The summed E-state index contributed by atoms with van der Waals surface area (Å²) in [6, 6.07) is 0. The summed E-state index contributed by atoms with van der Waals surface area (Å²) in [4.78, 5) is 0. The summed E-state index contributed by atoms with van der Waals surface area (Å²) in [6.07, 6.45) is 10.3. The van der Waals surface area contributed by atoms with Gasteiger partial charge >= 0.3 is 0 Å². The molecule has 0 spiro atoms. The van der Waals surface area contributed by atoms with Gasteiger partial charge in [-0.3, -0.25) is 0 Å². The Labute approximate surface area is 95.8 Å². The van der Waals surface area contributed by atoms with Crippen molar-refractivity contribution in [3.8, 4) is 0 Å². The Morgan fingerprint density at radius 1 is 0.733 bits per heavy atom. The van der Waals surface area contributed by atoms with E-state index in [1.54, 1.807) is 0 Å². The van der Waals surface area contributed by atoms with Crippen LogP contribution >= 0.6 is 0 Å². The third-order valence-corrected chi connectivity index (χ3v) is 4.90. The standard InChI is InChI=1S/C15H27/c1-11-7-9-14(10-8-11)15-12(2)5-4-6-13(15)3/h11-14H,4-10H2,1-3H3. The van der Waals surface area contributed by atoms with E-state index in [0.29, 0.717) is 0 Å². The molecule has 1 radical (unpaired) electrons. The number of hydrogen-bond acceptors (Lipinski definition) is 0. The van der Waals surface area contributed by atoms with E-state index < -0.39 is 0 Å². The van der Waals surface area contributed by atoms with Gasteiger partial charge in [0.05, 0.1) is 0 Å². The first-order valence-corrected chi connectivity index (χ1v) is 7.05. The van der Waals surface area contributed by atoms with Crippen molar-refractivity contribution in [2.24, 2.45) is 23.7 Å². The molecule has 0 amide bonds. The molecule has 15 heavy (non-hydrogen) atoms. The maximum Gasteiger partial charge on any atom is -0.0154 e. The third kappa shape index (κ3) is 2.57. The van der Waals surface area contributed by atoms with Crippen LogP contribution in [-0.2, 0) is 0 Å². The van der Waals surface area contributed by atoms with E-state index in [2.05, 4.69) is 20.8 Å². The van der Waals surface area contributed by atoms with Gasteiger partial charge in [0.1, 0.15) is 0 Å². The van der Waals surface area contributed by atoms with Gasteiger partial charge in [-0.1, -0.05) is 52.9 Å². The summed E-state index contributed by atoms with van der Waals surface area (Å²) < 4.78 is 0. The molecule has 0 heteroatoms. The van der Waals surface area contributed by atoms with Crippen molar-refractivity contribution >= 4 is 0 Å². The summed E-state index contributed by atoms with van der Waals surface area (Å²) in [5.41, 5.74) is 0. The van der Waals surface area contributed by atoms with Gasteiger partial charge in [0.2, 0.25) is 0 Å². The van der Waals surface area contributed by atoms with Crippen molar-refractivity contribution in [2.45, 2.75) is 65.7 Å². The average molecular weight is 207 g/mol. The minimum absolute atomic E-state index is 0.923. The molecule has 0 N–H and O–H groups in total. The van der Waals surface area contributed by atoms with E-state index >= 15 is 0 Å². The summed E-state index contributed by atoms with van der Waals surface area (Å²) in [5, 5.41) is 0. The van der Waals surface area contributed by atoms with Gasteiger partial charge < -0.3 is 0 Å². The fourth-order valence-corrected chi connectivity index (χ4v) is 3.95. The molecule has 0 nitrogen and oxygen atoms in total. The zero-order chi connectivity index (χ0) is 10.8. The molecule has 0 aromatic heterocycles. The van der Waals surface area contributed by atoms with Crippen LogP contribution in [0.3, 0.4) is 0 Å².